The molecule has 3 rings (SSSR count). The van der Waals surface area contributed by atoms with E-state index >= 15 is 0 Å². The summed E-state index contributed by atoms with van der Waals surface area (Å²) in [6, 6.07) is 9.60. The van der Waals surface area contributed by atoms with E-state index in [4.69, 9.17) is 9.47 Å². The van der Waals surface area contributed by atoms with Crippen LogP contribution in [0.5, 0.6) is 23.0 Å². The standard InChI is InChI=1S/C16H14O5/c1-20-15-6-5-9(7-12(15)18)16-13(19)8-10-11(17)3-2-4-14(10)21-16/h2-7,16-18H,8H2,1H3/t16-/m1/s1. The number of phenols is 2. The highest BCUT2D eigenvalue weighted by Gasteiger charge is 2.31. The molecule has 2 N–H and O–H groups in total. The van der Waals surface area contributed by atoms with Gasteiger partial charge in [0.1, 0.15) is 11.5 Å². The second-order valence-electron chi connectivity index (χ2n) is 4.83. The first-order chi connectivity index (χ1) is 10.1. The van der Waals surface area contributed by atoms with E-state index in [-0.39, 0.29) is 23.7 Å². The molecule has 0 bridgehead atoms. The van der Waals surface area contributed by atoms with Gasteiger partial charge in [-0.2, -0.15) is 0 Å². The van der Waals surface area contributed by atoms with Crippen molar-refractivity contribution in [2.75, 3.05) is 7.11 Å². The fourth-order valence-corrected chi connectivity index (χ4v) is 2.43. The SMILES string of the molecule is COc1ccc([C@H]2Oc3cccc(O)c3CC2=O)cc1O. The van der Waals surface area contributed by atoms with E-state index < -0.39 is 6.10 Å². The molecule has 5 heteroatoms. The molecule has 1 aliphatic heterocycles. The highest BCUT2D eigenvalue weighted by molar-refractivity contribution is 5.89. The summed E-state index contributed by atoms with van der Waals surface area (Å²) in [7, 11) is 1.45. The second kappa shape index (κ2) is 5.01. The monoisotopic (exact) mass is 286 g/mol. The summed E-state index contributed by atoms with van der Waals surface area (Å²) in [6.45, 7) is 0. The first-order valence-electron chi connectivity index (χ1n) is 6.47. The minimum atomic E-state index is -0.795. The van der Waals surface area contributed by atoms with Gasteiger partial charge in [-0.25, -0.2) is 0 Å². The van der Waals surface area contributed by atoms with Crippen LogP contribution < -0.4 is 9.47 Å². The summed E-state index contributed by atoms with van der Waals surface area (Å²) < 4.78 is 10.7. The van der Waals surface area contributed by atoms with Gasteiger partial charge in [-0.05, 0) is 24.3 Å². The lowest BCUT2D eigenvalue weighted by molar-refractivity contribution is -0.126. The van der Waals surface area contributed by atoms with Crippen LogP contribution >= 0.6 is 0 Å². The summed E-state index contributed by atoms with van der Waals surface area (Å²) in [5.41, 5.74) is 1.05. The zero-order valence-electron chi connectivity index (χ0n) is 11.4. The van der Waals surface area contributed by atoms with Crippen LogP contribution in [0.3, 0.4) is 0 Å². The summed E-state index contributed by atoms with van der Waals surface area (Å²) in [6.07, 6.45) is -0.699. The van der Waals surface area contributed by atoms with Gasteiger partial charge >= 0.3 is 0 Å². The average Bonchev–Trinajstić information content (AvgIpc) is 2.47. The molecular weight excluding hydrogens is 272 g/mol. The van der Waals surface area contributed by atoms with E-state index in [2.05, 4.69) is 0 Å². The number of hydrogen-bond acceptors (Lipinski definition) is 5. The zero-order chi connectivity index (χ0) is 15.0. The van der Waals surface area contributed by atoms with Crippen LogP contribution in [0.25, 0.3) is 0 Å². The van der Waals surface area contributed by atoms with Crippen LogP contribution in [-0.4, -0.2) is 23.1 Å². The van der Waals surface area contributed by atoms with Crippen molar-refractivity contribution in [1.29, 1.82) is 0 Å². The van der Waals surface area contributed by atoms with Crippen molar-refractivity contribution in [2.24, 2.45) is 0 Å². The van der Waals surface area contributed by atoms with Crippen molar-refractivity contribution in [3.8, 4) is 23.0 Å². The fourth-order valence-electron chi connectivity index (χ4n) is 2.43. The number of ketones is 1. The van der Waals surface area contributed by atoms with Crippen molar-refractivity contribution in [1.82, 2.24) is 0 Å². The number of methoxy groups -OCH3 is 1. The summed E-state index contributed by atoms with van der Waals surface area (Å²) in [5.74, 6) is 0.647. The van der Waals surface area contributed by atoms with Crippen molar-refractivity contribution in [3.05, 3.63) is 47.5 Å². The molecule has 0 unspecified atom stereocenters. The van der Waals surface area contributed by atoms with Crippen molar-refractivity contribution < 1.29 is 24.5 Å². The molecule has 0 spiro atoms. The van der Waals surface area contributed by atoms with E-state index in [0.29, 0.717) is 22.6 Å². The van der Waals surface area contributed by atoms with Crippen LogP contribution in [0.2, 0.25) is 0 Å². The third-order valence-corrected chi connectivity index (χ3v) is 3.50. The topological polar surface area (TPSA) is 76.0 Å². The smallest absolute Gasteiger partial charge is 0.182 e. The molecule has 0 saturated heterocycles. The normalized spacial score (nSPS) is 17.0. The molecule has 0 aliphatic carbocycles. The van der Waals surface area contributed by atoms with E-state index in [1.165, 1.54) is 19.2 Å². The van der Waals surface area contributed by atoms with E-state index in [1.54, 1.807) is 24.3 Å². The number of carbonyl (C=O) groups is 1. The van der Waals surface area contributed by atoms with Gasteiger partial charge in [-0.1, -0.05) is 12.1 Å². The van der Waals surface area contributed by atoms with E-state index in [0.717, 1.165) is 0 Å². The molecule has 0 saturated carbocycles. The number of ether oxygens (including phenoxy) is 2. The van der Waals surface area contributed by atoms with Crippen molar-refractivity contribution in [2.45, 2.75) is 12.5 Å². The van der Waals surface area contributed by atoms with Gasteiger partial charge < -0.3 is 19.7 Å². The Balaban J connectivity index is 1.97. The Morgan fingerprint density at radius 3 is 2.71 bits per heavy atom. The van der Waals surface area contributed by atoms with Crippen molar-refractivity contribution >= 4 is 5.78 Å². The maximum absolute atomic E-state index is 12.2. The number of fused-ring (bicyclic) bond motifs is 1. The van der Waals surface area contributed by atoms with E-state index in [9.17, 15) is 15.0 Å². The fraction of sp³-hybridized carbons (Fsp3) is 0.188. The number of hydrogen-bond donors (Lipinski definition) is 2. The van der Waals surface area contributed by atoms with Crippen LogP contribution in [0.4, 0.5) is 0 Å². The molecule has 0 radical (unpaired) electrons. The summed E-state index contributed by atoms with van der Waals surface area (Å²) in [4.78, 5) is 12.2. The van der Waals surface area contributed by atoms with Gasteiger partial charge in [-0.3, -0.25) is 4.79 Å². The molecule has 0 fully saturated rings. The van der Waals surface area contributed by atoms with E-state index in [1.807, 2.05) is 0 Å². The highest BCUT2D eigenvalue weighted by atomic mass is 16.5. The minimum absolute atomic E-state index is 0.0481. The molecule has 21 heavy (non-hydrogen) atoms. The van der Waals surface area contributed by atoms with Gasteiger partial charge in [0.25, 0.3) is 0 Å². The number of carbonyl (C=O) groups excluding carboxylic acids is 1. The Hall–Kier alpha value is -2.69. The molecule has 108 valence electrons. The van der Waals surface area contributed by atoms with Crippen molar-refractivity contribution in [3.63, 3.8) is 0 Å². The maximum atomic E-state index is 12.2. The Kier molecular flexibility index (Phi) is 3.17. The lowest BCUT2D eigenvalue weighted by atomic mass is 9.95. The predicted octanol–water partition coefficient (Wildman–Crippen LogP) is 2.35. The molecule has 5 nitrogen and oxygen atoms in total. The minimum Gasteiger partial charge on any atom is -0.508 e. The zero-order valence-corrected chi connectivity index (χ0v) is 11.4. The van der Waals surface area contributed by atoms with Crippen LogP contribution in [0.15, 0.2) is 36.4 Å². The Bertz CT molecular complexity index is 708. The van der Waals surface area contributed by atoms with Gasteiger partial charge in [0, 0.05) is 17.5 Å². The number of aromatic hydroxyl groups is 2. The highest BCUT2D eigenvalue weighted by Crippen LogP contribution is 2.38. The number of Topliss-reactive ketones (excluding diaryl/α,β-unsaturated/α-hetero) is 1. The molecule has 0 amide bonds. The number of phenolic OH excluding ortho intramolecular Hbond substituents is 2. The van der Waals surface area contributed by atoms with Gasteiger partial charge in [0.15, 0.2) is 23.4 Å². The van der Waals surface area contributed by atoms with Gasteiger partial charge in [0.2, 0.25) is 0 Å². The molecule has 1 aliphatic rings. The average molecular weight is 286 g/mol. The predicted molar refractivity (Wildman–Crippen MR) is 74.8 cm³/mol. The Morgan fingerprint density at radius 2 is 2.00 bits per heavy atom. The van der Waals surface area contributed by atoms with Crippen LogP contribution in [0, 0.1) is 0 Å². The Morgan fingerprint density at radius 1 is 1.19 bits per heavy atom. The first-order valence-corrected chi connectivity index (χ1v) is 6.47. The van der Waals surface area contributed by atoms with Crippen LogP contribution in [0.1, 0.15) is 17.2 Å². The quantitative estimate of drug-likeness (QED) is 0.886. The lowest BCUT2D eigenvalue weighted by Crippen LogP contribution is -2.25. The molecule has 1 atom stereocenters. The number of benzene rings is 2. The summed E-state index contributed by atoms with van der Waals surface area (Å²) >= 11 is 0. The molecular formula is C16H14O5. The van der Waals surface area contributed by atoms with Gasteiger partial charge in [-0.15, -0.1) is 0 Å². The molecule has 2 aromatic rings. The van der Waals surface area contributed by atoms with Gasteiger partial charge in [0.05, 0.1) is 7.11 Å². The second-order valence-corrected chi connectivity index (χ2v) is 4.83. The first kappa shape index (κ1) is 13.3. The number of rotatable bonds is 2. The molecule has 1 heterocycles. The summed E-state index contributed by atoms with van der Waals surface area (Å²) in [5, 5.41) is 19.6. The Labute approximate surface area is 121 Å². The lowest BCUT2D eigenvalue weighted by Gasteiger charge is -2.25. The van der Waals surface area contributed by atoms with Crippen LogP contribution in [-0.2, 0) is 11.2 Å². The molecule has 0 aromatic heterocycles. The third kappa shape index (κ3) is 2.27. The maximum Gasteiger partial charge on any atom is 0.182 e. The largest absolute Gasteiger partial charge is 0.508 e. The molecule has 2 aromatic carbocycles. The third-order valence-electron chi connectivity index (χ3n) is 3.50.